The number of nitrogens with zero attached hydrogens (tertiary/aromatic N) is 1. The average molecular weight is 233 g/mol. The van der Waals surface area contributed by atoms with Gasteiger partial charge in [-0.25, -0.2) is 0 Å². The Hall–Kier alpha value is -2.50. The van der Waals surface area contributed by atoms with Crippen LogP contribution in [0.4, 0.5) is 11.4 Å². The first-order valence-corrected chi connectivity index (χ1v) is 4.85. The SMILES string of the molecule is COc1cc(N)ccc1C(=O)Nc1cnoc1. The Balaban J connectivity index is 2.24. The maximum atomic E-state index is 11.9. The van der Waals surface area contributed by atoms with Gasteiger partial charge in [-0.3, -0.25) is 4.79 Å². The number of nitrogens with two attached hydrogens (primary N) is 1. The predicted octanol–water partition coefficient (Wildman–Crippen LogP) is 1.52. The summed E-state index contributed by atoms with van der Waals surface area (Å²) in [6.45, 7) is 0. The Kier molecular flexibility index (Phi) is 2.95. The van der Waals surface area contributed by atoms with Gasteiger partial charge in [0.2, 0.25) is 0 Å². The first-order valence-electron chi connectivity index (χ1n) is 4.85. The molecule has 0 aliphatic heterocycles. The van der Waals surface area contributed by atoms with Crippen LogP contribution < -0.4 is 15.8 Å². The van der Waals surface area contributed by atoms with Gasteiger partial charge in [0.05, 0.1) is 18.9 Å². The van der Waals surface area contributed by atoms with Crippen molar-refractivity contribution in [3.8, 4) is 5.75 Å². The van der Waals surface area contributed by atoms with Crippen molar-refractivity contribution >= 4 is 17.3 Å². The third-order valence-electron chi connectivity index (χ3n) is 2.16. The van der Waals surface area contributed by atoms with E-state index in [0.717, 1.165) is 0 Å². The van der Waals surface area contributed by atoms with Crippen LogP contribution in [-0.2, 0) is 0 Å². The van der Waals surface area contributed by atoms with Crippen LogP contribution in [0.25, 0.3) is 0 Å². The van der Waals surface area contributed by atoms with Crippen LogP contribution in [0.3, 0.4) is 0 Å². The maximum Gasteiger partial charge on any atom is 0.259 e. The Bertz CT molecular complexity index is 523. The lowest BCUT2D eigenvalue weighted by Crippen LogP contribution is -2.12. The normalized spacial score (nSPS) is 9.94. The molecule has 88 valence electrons. The minimum absolute atomic E-state index is 0.315. The molecule has 0 aliphatic rings. The van der Waals surface area contributed by atoms with Gasteiger partial charge in [0.25, 0.3) is 5.91 Å². The van der Waals surface area contributed by atoms with Gasteiger partial charge in [-0.15, -0.1) is 0 Å². The van der Waals surface area contributed by atoms with Crippen LogP contribution >= 0.6 is 0 Å². The van der Waals surface area contributed by atoms with Crippen LogP contribution in [-0.4, -0.2) is 18.2 Å². The second kappa shape index (κ2) is 4.56. The zero-order valence-electron chi connectivity index (χ0n) is 9.14. The quantitative estimate of drug-likeness (QED) is 0.784. The number of rotatable bonds is 3. The van der Waals surface area contributed by atoms with E-state index in [0.29, 0.717) is 22.7 Å². The van der Waals surface area contributed by atoms with Crippen LogP contribution in [0.5, 0.6) is 5.75 Å². The van der Waals surface area contributed by atoms with Gasteiger partial charge in [0.1, 0.15) is 17.7 Å². The topological polar surface area (TPSA) is 90.4 Å². The second-order valence-corrected chi connectivity index (χ2v) is 3.33. The lowest BCUT2D eigenvalue weighted by Gasteiger charge is -2.08. The zero-order chi connectivity index (χ0) is 12.3. The van der Waals surface area contributed by atoms with E-state index in [1.54, 1.807) is 18.2 Å². The number of hydrogen-bond acceptors (Lipinski definition) is 5. The van der Waals surface area contributed by atoms with Gasteiger partial charge in [-0.2, -0.15) is 0 Å². The lowest BCUT2D eigenvalue weighted by atomic mass is 10.1. The van der Waals surface area contributed by atoms with E-state index in [2.05, 4.69) is 15.0 Å². The van der Waals surface area contributed by atoms with Crippen LogP contribution in [0.2, 0.25) is 0 Å². The number of amides is 1. The number of aromatic nitrogens is 1. The Morgan fingerprint density at radius 1 is 1.53 bits per heavy atom. The fourth-order valence-corrected chi connectivity index (χ4v) is 1.36. The number of nitrogens with one attached hydrogen (secondary N) is 1. The molecule has 0 radical (unpaired) electrons. The monoisotopic (exact) mass is 233 g/mol. The molecule has 17 heavy (non-hydrogen) atoms. The van der Waals surface area contributed by atoms with Gasteiger partial charge in [0, 0.05) is 11.8 Å². The summed E-state index contributed by atoms with van der Waals surface area (Å²) in [7, 11) is 1.48. The van der Waals surface area contributed by atoms with Crippen molar-refractivity contribution < 1.29 is 14.1 Å². The van der Waals surface area contributed by atoms with Crippen molar-refractivity contribution in [1.29, 1.82) is 0 Å². The van der Waals surface area contributed by atoms with Gasteiger partial charge in [-0.05, 0) is 12.1 Å². The fraction of sp³-hybridized carbons (Fsp3) is 0.0909. The number of anilines is 2. The molecule has 0 saturated heterocycles. The molecule has 0 atom stereocenters. The molecule has 2 aromatic rings. The molecule has 6 nitrogen and oxygen atoms in total. The summed E-state index contributed by atoms with van der Waals surface area (Å²) in [5.74, 6) is 0.101. The molecular formula is C11H11N3O3. The van der Waals surface area contributed by atoms with E-state index in [1.165, 1.54) is 19.6 Å². The highest BCUT2D eigenvalue weighted by molar-refractivity contribution is 6.06. The van der Waals surface area contributed by atoms with Crippen molar-refractivity contribution in [3.05, 3.63) is 36.2 Å². The molecule has 1 aromatic carbocycles. The highest BCUT2D eigenvalue weighted by atomic mass is 16.5. The first-order chi connectivity index (χ1) is 8.20. The number of carbonyl (C=O) groups excluding carboxylic acids is 1. The third-order valence-corrected chi connectivity index (χ3v) is 2.16. The summed E-state index contributed by atoms with van der Waals surface area (Å²) in [6, 6.07) is 4.81. The zero-order valence-corrected chi connectivity index (χ0v) is 9.14. The number of nitrogen functional groups attached to an aromatic ring is 1. The van der Waals surface area contributed by atoms with Gasteiger partial charge < -0.3 is 20.3 Å². The van der Waals surface area contributed by atoms with E-state index >= 15 is 0 Å². The smallest absolute Gasteiger partial charge is 0.259 e. The molecule has 0 unspecified atom stereocenters. The Morgan fingerprint density at radius 2 is 2.35 bits per heavy atom. The molecular weight excluding hydrogens is 222 g/mol. The molecule has 0 fully saturated rings. The molecule has 3 N–H and O–H groups in total. The summed E-state index contributed by atoms with van der Waals surface area (Å²) >= 11 is 0. The molecule has 0 spiro atoms. The molecule has 0 aliphatic carbocycles. The van der Waals surface area contributed by atoms with Crippen LogP contribution in [0.15, 0.2) is 35.2 Å². The highest BCUT2D eigenvalue weighted by Crippen LogP contribution is 2.22. The fourth-order valence-electron chi connectivity index (χ4n) is 1.36. The minimum atomic E-state index is -0.315. The summed E-state index contributed by atoms with van der Waals surface area (Å²) in [6.07, 6.45) is 2.74. The Labute approximate surface area is 97.3 Å². The molecule has 1 aromatic heterocycles. The van der Waals surface area contributed by atoms with Gasteiger partial charge in [-0.1, -0.05) is 5.16 Å². The largest absolute Gasteiger partial charge is 0.496 e. The van der Waals surface area contributed by atoms with E-state index in [9.17, 15) is 4.79 Å². The summed E-state index contributed by atoms with van der Waals surface area (Å²) in [4.78, 5) is 11.9. The van der Waals surface area contributed by atoms with Crippen molar-refractivity contribution in [2.45, 2.75) is 0 Å². The Morgan fingerprint density at radius 3 is 3.00 bits per heavy atom. The van der Waals surface area contributed by atoms with Crippen molar-refractivity contribution in [1.82, 2.24) is 5.16 Å². The molecule has 2 rings (SSSR count). The summed E-state index contributed by atoms with van der Waals surface area (Å²) in [5, 5.41) is 6.10. The highest BCUT2D eigenvalue weighted by Gasteiger charge is 2.13. The standard InChI is InChI=1S/C11H11N3O3/c1-16-10-4-7(12)2-3-9(10)11(15)14-8-5-13-17-6-8/h2-6H,12H2,1H3,(H,14,15). The van der Waals surface area contributed by atoms with Crippen molar-refractivity contribution in [2.24, 2.45) is 0 Å². The van der Waals surface area contributed by atoms with Gasteiger partial charge >= 0.3 is 0 Å². The number of hydrogen-bond donors (Lipinski definition) is 2. The molecule has 0 bridgehead atoms. The van der Waals surface area contributed by atoms with Crippen LogP contribution in [0, 0.1) is 0 Å². The average Bonchev–Trinajstić information content (AvgIpc) is 2.81. The number of ether oxygens (including phenoxy) is 1. The molecule has 1 heterocycles. The third kappa shape index (κ3) is 2.36. The second-order valence-electron chi connectivity index (χ2n) is 3.33. The van der Waals surface area contributed by atoms with E-state index in [-0.39, 0.29) is 5.91 Å². The van der Waals surface area contributed by atoms with Crippen molar-refractivity contribution in [3.63, 3.8) is 0 Å². The van der Waals surface area contributed by atoms with Crippen molar-refractivity contribution in [2.75, 3.05) is 18.2 Å². The maximum absolute atomic E-state index is 11.9. The van der Waals surface area contributed by atoms with Gasteiger partial charge in [0.15, 0.2) is 0 Å². The van der Waals surface area contributed by atoms with E-state index in [1.807, 2.05) is 0 Å². The van der Waals surface area contributed by atoms with Crippen LogP contribution in [0.1, 0.15) is 10.4 Å². The lowest BCUT2D eigenvalue weighted by molar-refractivity contribution is 0.102. The molecule has 1 amide bonds. The molecule has 0 saturated carbocycles. The van der Waals surface area contributed by atoms with E-state index in [4.69, 9.17) is 10.5 Å². The predicted molar refractivity (Wildman–Crippen MR) is 61.9 cm³/mol. The summed E-state index contributed by atoms with van der Waals surface area (Å²) < 4.78 is 9.70. The summed E-state index contributed by atoms with van der Waals surface area (Å²) in [5.41, 5.74) is 7.01. The minimum Gasteiger partial charge on any atom is -0.496 e. The molecule has 6 heteroatoms. The van der Waals surface area contributed by atoms with E-state index < -0.39 is 0 Å². The number of carbonyl (C=O) groups is 1. The number of methoxy groups -OCH3 is 1. The first kappa shape index (κ1) is 11.0. The number of benzene rings is 1.